The van der Waals surface area contributed by atoms with E-state index in [1.807, 2.05) is 6.07 Å². The van der Waals surface area contributed by atoms with E-state index in [4.69, 9.17) is 4.74 Å². The Labute approximate surface area is 145 Å². The SMILES string of the molecule is CC(C1CC1)N(C)CC(=O)NCC1(c2ccccc2)CCOCC1. The topological polar surface area (TPSA) is 41.6 Å². The van der Waals surface area contributed by atoms with E-state index in [0.717, 1.165) is 32.0 Å². The van der Waals surface area contributed by atoms with Gasteiger partial charge in [0.05, 0.1) is 6.54 Å². The van der Waals surface area contributed by atoms with Gasteiger partial charge in [-0.2, -0.15) is 0 Å². The molecule has 1 saturated heterocycles. The van der Waals surface area contributed by atoms with Crippen LogP contribution in [-0.2, 0) is 14.9 Å². The number of ether oxygens (including phenoxy) is 1. The van der Waals surface area contributed by atoms with Crippen molar-refractivity contribution in [2.45, 2.75) is 44.1 Å². The van der Waals surface area contributed by atoms with Gasteiger partial charge in [-0.3, -0.25) is 9.69 Å². The zero-order chi connectivity index (χ0) is 17.0. The lowest BCUT2D eigenvalue weighted by Crippen LogP contribution is -2.47. The van der Waals surface area contributed by atoms with Crippen molar-refractivity contribution in [3.05, 3.63) is 35.9 Å². The van der Waals surface area contributed by atoms with Gasteiger partial charge in [-0.1, -0.05) is 30.3 Å². The van der Waals surface area contributed by atoms with E-state index in [-0.39, 0.29) is 11.3 Å². The molecule has 1 N–H and O–H groups in total. The van der Waals surface area contributed by atoms with Gasteiger partial charge in [0.1, 0.15) is 0 Å². The Morgan fingerprint density at radius 1 is 1.29 bits per heavy atom. The number of hydrogen-bond donors (Lipinski definition) is 1. The van der Waals surface area contributed by atoms with Gasteiger partial charge < -0.3 is 10.1 Å². The number of rotatable bonds is 7. The summed E-state index contributed by atoms with van der Waals surface area (Å²) in [7, 11) is 2.06. The van der Waals surface area contributed by atoms with Gasteiger partial charge in [0, 0.05) is 31.2 Å². The highest BCUT2D eigenvalue weighted by molar-refractivity contribution is 5.78. The molecule has 0 spiro atoms. The largest absolute Gasteiger partial charge is 0.381 e. The summed E-state index contributed by atoms with van der Waals surface area (Å²) in [5.41, 5.74) is 1.32. The van der Waals surface area contributed by atoms with Crippen LogP contribution in [0, 0.1) is 5.92 Å². The monoisotopic (exact) mass is 330 g/mol. The van der Waals surface area contributed by atoms with Crippen molar-refractivity contribution in [3.8, 4) is 0 Å². The summed E-state index contributed by atoms with van der Waals surface area (Å²) in [6.07, 6.45) is 4.55. The van der Waals surface area contributed by atoms with Gasteiger partial charge >= 0.3 is 0 Å². The van der Waals surface area contributed by atoms with Crippen LogP contribution in [-0.4, -0.2) is 50.2 Å². The van der Waals surface area contributed by atoms with Crippen molar-refractivity contribution in [1.29, 1.82) is 0 Å². The molecule has 1 heterocycles. The summed E-state index contributed by atoms with van der Waals surface area (Å²) < 4.78 is 5.56. The van der Waals surface area contributed by atoms with E-state index in [0.29, 0.717) is 19.1 Å². The van der Waals surface area contributed by atoms with Crippen LogP contribution in [0.5, 0.6) is 0 Å². The minimum atomic E-state index is 0.00977. The summed E-state index contributed by atoms with van der Waals surface area (Å²) in [5.74, 6) is 0.917. The van der Waals surface area contributed by atoms with Crippen molar-refractivity contribution in [2.75, 3.05) is 33.4 Å². The average molecular weight is 330 g/mol. The number of carbonyl (C=O) groups excluding carboxylic acids is 1. The summed E-state index contributed by atoms with van der Waals surface area (Å²) >= 11 is 0. The Bertz CT molecular complexity index is 536. The predicted molar refractivity (Wildman–Crippen MR) is 96.0 cm³/mol. The maximum absolute atomic E-state index is 12.4. The van der Waals surface area contributed by atoms with E-state index < -0.39 is 0 Å². The van der Waals surface area contributed by atoms with E-state index >= 15 is 0 Å². The highest BCUT2D eigenvalue weighted by Gasteiger charge is 2.35. The second-order valence-corrected chi connectivity index (χ2v) is 7.53. The van der Waals surface area contributed by atoms with Crippen LogP contribution in [0.25, 0.3) is 0 Å². The van der Waals surface area contributed by atoms with Crippen molar-refractivity contribution in [2.24, 2.45) is 5.92 Å². The fourth-order valence-electron chi connectivity index (χ4n) is 3.75. The quantitative estimate of drug-likeness (QED) is 0.835. The smallest absolute Gasteiger partial charge is 0.234 e. The van der Waals surface area contributed by atoms with Gasteiger partial charge in [-0.25, -0.2) is 0 Å². The second kappa shape index (κ2) is 7.66. The molecule has 1 aliphatic carbocycles. The normalized spacial score (nSPS) is 21.5. The van der Waals surface area contributed by atoms with Gasteiger partial charge in [-0.05, 0) is 51.1 Å². The van der Waals surface area contributed by atoms with E-state index in [9.17, 15) is 4.79 Å². The highest BCUT2D eigenvalue weighted by atomic mass is 16.5. The first-order valence-electron chi connectivity index (χ1n) is 9.21. The molecular formula is C20H30N2O2. The summed E-state index contributed by atoms with van der Waals surface area (Å²) in [6, 6.07) is 11.1. The van der Waals surface area contributed by atoms with Crippen LogP contribution >= 0.6 is 0 Å². The van der Waals surface area contributed by atoms with Crippen LogP contribution in [0.15, 0.2) is 30.3 Å². The molecule has 2 fully saturated rings. The summed E-state index contributed by atoms with van der Waals surface area (Å²) in [6.45, 7) is 4.95. The molecule has 1 amide bonds. The lowest BCUT2D eigenvalue weighted by Gasteiger charge is -2.38. The lowest BCUT2D eigenvalue weighted by molar-refractivity contribution is -0.123. The first-order chi connectivity index (χ1) is 11.6. The number of amides is 1. The molecule has 0 radical (unpaired) electrons. The van der Waals surface area contributed by atoms with Crippen molar-refractivity contribution in [1.82, 2.24) is 10.2 Å². The number of nitrogens with zero attached hydrogens (tertiary/aromatic N) is 1. The summed E-state index contributed by atoms with van der Waals surface area (Å²) in [4.78, 5) is 14.6. The molecule has 1 aromatic rings. The van der Waals surface area contributed by atoms with E-state index in [2.05, 4.69) is 48.5 Å². The Hall–Kier alpha value is -1.39. The molecule has 1 saturated carbocycles. The van der Waals surface area contributed by atoms with Crippen molar-refractivity contribution in [3.63, 3.8) is 0 Å². The number of carbonyl (C=O) groups is 1. The molecular weight excluding hydrogens is 300 g/mol. The van der Waals surface area contributed by atoms with Gasteiger partial charge in [0.2, 0.25) is 5.91 Å². The lowest BCUT2D eigenvalue weighted by atomic mass is 9.74. The Morgan fingerprint density at radius 3 is 2.58 bits per heavy atom. The molecule has 4 heteroatoms. The molecule has 4 nitrogen and oxygen atoms in total. The number of hydrogen-bond acceptors (Lipinski definition) is 3. The standard InChI is InChI=1S/C20H30N2O2/c1-16(17-8-9-17)22(2)14-19(23)21-15-20(10-12-24-13-11-20)18-6-4-3-5-7-18/h3-7,16-17H,8-15H2,1-2H3,(H,21,23). The zero-order valence-electron chi connectivity index (χ0n) is 15.0. The summed E-state index contributed by atoms with van der Waals surface area (Å²) in [5, 5.41) is 3.20. The predicted octanol–water partition coefficient (Wildman–Crippen LogP) is 2.58. The molecule has 132 valence electrons. The van der Waals surface area contributed by atoms with Crippen LogP contribution in [0.3, 0.4) is 0 Å². The van der Waals surface area contributed by atoms with Crippen molar-refractivity contribution >= 4 is 5.91 Å². The third kappa shape index (κ3) is 4.17. The third-order valence-corrected chi connectivity index (χ3v) is 5.85. The average Bonchev–Trinajstić information content (AvgIpc) is 3.46. The second-order valence-electron chi connectivity index (χ2n) is 7.53. The highest BCUT2D eigenvalue weighted by Crippen LogP contribution is 2.35. The Balaban J connectivity index is 1.58. The van der Waals surface area contributed by atoms with E-state index in [1.165, 1.54) is 18.4 Å². The minimum absolute atomic E-state index is 0.00977. The molecule has 0 aromatic heterocycles. The first-order valence-corrected chi connectivity index (χ1v) is 9.21. The molecule has 2 aliphatic rings. The van der Waals surface area contributed by atoms with Gasteiger partial charge in [0.15, 0.2) is 0 Å². The molecule has 1 atom stereocenters. The van der Waals surface area contributed by atoms with Gasteiger partial charge in [0.25, 0.3) is 0 Å². The zero-order valence-corrected chi connectivity index (χ0v) is 15.0. The van der Waals surface area contributed by atoms with Crippen LogP contribution in [0.4, 0.5) is 0 Å². The number of nitrogens with one attached hydrogen (secondary N) is 1. The van der Waals surface area contributed by atoms with Crippen LogP contribution in [0.1, 0.15) is 38.2 Å². The fraction of sp³-hybridized carbons (Fsp3) is 0.650. The molecule has 1 aromatic carbocycles. The molecule has 3 rings (SSSR count). The Morgan fingerprint density at radius 2 is 1.96 bits per heavy atom. The van der Waals surface area contributed by atoms with Crippen molar-refractivity contribution < 1.29 is 9.53 Å². The molecule has 1 aliphatic heterocycles. The Kier molecular flexibility index (Phi) is 5.57. The molecule has 0 bridgehead atoms. The maximum Gasteiger partial charge on any atom is 0.234 e. The van der Waals surface area contributed by atoms with Crippen LogP contribution < -0.4 is 5.32 Å². The van der Waals surface area contributed by atoms with Crippen LogP contribution in [0.2, 0.25) is 0 Å². The molecule has 1 unspecified atom stereocenters. The van der Waals surface area contributed by atoms with Gasteiger partial charge in [-0.15, -0.1) is 0 Å². The minimum Gasteiger partial charge on any atom is -0.381 e. The molecule has 24 heavy (non-hydrogen) atoms. The number of benzene rings is 1. The number of likely N-dealkylation sites (N-methyl/N-ethyl adjacent to an activating group) is 1. The first kappa shape index (κ1) is 17.4. The third-order valence-electron chi connectivity index (χ3n) is 5.85. The fourth-order valence-corrected chi connectivity index (χ4v) is 3.75. The maximum atomic E-state index is 12.4. The van der Waals surface area contributed by atoms with E-state index in [1.54, 1.807) is 0 Å².